The van der Waals surface area contributed by atoms with Crippen molar-refractivity contribution in [3.63, 3.8) is 0 Å². The number of benzene rings is 1. The van der Waals surface area contributed by atoms with Crippen LogP contribution < -0.4 is 14.8 Å². The quantitative estimate of drug-likeness (QED) is 0.599. The summed E-state index contributed by atoms with van der Waals surface area (Å²) in [5, 5.41) is 12.5. The molecule has 0 unspecified atom stereocenters. The average Bonchev–Trinajstić information content (AvgIpc) is 3.13. The van der Waals surface area contributed by atoms with Gasteiger partial charge in [0.05, 0.1) is 26.4 Å². The van der Waals surface area contributed by atoms with Gasteiger partial charge in [-0.1, -0.05) is 11.6 Å². The van der Waals surface area contributed by atoms with E-state index in [-0.39, 0.29) is 40.8 Å². The SMILES string of the molecule is COc1ccc(Cl)cc1S(=O)(=O)N[C@@H]1C[C@H](CNC(=O)N2CCOCC2)N(C#N)C1. The molecule has 0 saturated carbocycles. The van der Waals surface area contributed by atoms with E-state index in [4.69, 9.17) is 21.1 Å². The summed E-state index contributed by atoms with van der Waals surface area (Å²) < 4.78 is 38.7. The van der Waals surface area contributed by atoms with Crippen LogP contribution in [0.4, 0.5) is 4.79 Å². The van der Waals surface area contributed by atoms with E-state index in [2.05, 4.69) is 16.2 Å². The van der Waals surface area contributed by atoms with Gasteiger partial charge < -0.3 is 24.6 Å². The Morgan fingerprint density at radius 2 is 2.13 bits per heavy atom. The van der Waals surface area contributed by atoms with E-state index in [1.54, 1.807) is 11.0 Å². The fourth-order valence-electron chi connectivity index (χ4n) is 3.54. The van der Waals surface area contributed by atoms with Gasteiger partial charge in [-0.25, -0.2) is 17.9 Å². The molecule has 1 aromatic rings. The van der Waals surface area contributed by atoms with Gasteiger partial charge in [-0.2, -0.15) is 5.26 Å². The zero-order valence-electron chi connectivity index (χ0n) is 16.5. The third kappa shape index (κ3) is 5.26. The normalized spacial score (nSPS) is 21.9. The summed E-state index contributed by atoms with van der Waals surface area (Å²) in [6.07, 6.45) is 2.45. The maximum atomic E-state index is 12.9. The van der Waals surface area contributed by atoms with Gasteiger partial charge in [0.15, 0.2) is 6.19 Å². The Kier molecular flexibility index (Phi) is 7.25. The maximum Gasteiger partial charge on any atom is 0.317 e. The first-order valence-electron chi connectivity index (χ1n) is 9.47. The Morgan fingerprint density at radius 1 is 1.40 bits per heavy atom. The third-order valence-electron chi connectivity index (χ3n) is 5.07. The first kappa shape index (κ1) is 22.4. The van der Waals surface area contributed by atoms with Crippen LogP contribution in [-0.4, -0.2) is 82.8 Å². The number of sulfonamides is 1. The molecule has 0 aromatic heterocycles. The molecule has 2 amide bonds. The number of hydrogen-bond acceptors (Lipinski definition) is 7. The molecule has 2 N–H and O–H groups in total. The number of ether oxygens (including phenoxy) is 2. The van der Waals surface area contributed by atoms with Gasteiger partial charge >= 0.3 is 6.03 Å². The van der Waals surface area contributed by atoms with Crippen LogP contribution in [0.2, 0.25) is 5.02 Å². The van der Waals surface area contributed by atoms with E-state index in [1.807, 2.05) is 0 Å². The number of amides is 2. The maximum absolute atomic E-state index is 12.9. The summed E-state index contributed by atoms with van der Waals surface area (Å²) in [5.41, 5.74) is 0. The van der Waals surface area contributed by atoms with Crippen LogP contribution in [0, 0.1) is 11.5 Å². The van der Waals surface area contributed by atoms with Crippen LogP contribution in [0.25, 0.3) is 0 Å². The fraction of sp³-hybridized carbons (Fsp3) is 0.556. The Balaban J connectivity index is 1.62. The van der Waals surface area contributed by atoms with E-state index in [0.717, 1.165) is 0 Å². The van der Waals surface area contributed by atoms with Crippen LogP contribution in [0.3, 0.4) is 0 Å². The number of carbonyl (C=O) groups excluding carboxylic acids is 1. The number of carbonyl (C=O) groups is 1. The Labute approximate surface area is 180 Å². The summed E-state index contributed by atoms with van der Waals surface area (Å²) in [6.45, 7) is 2.47. The van der Waals surface area contributed by atoms with Gasteiger partial charge in [0.1, 0.15) is 10.6 Å². The van der Waals surface area contributed by atoms with Crippen LogP contribution in [0.1, 0.15) is 6.42 Å². The number of methoxy groups -OCH3 is 1. The fourth-order valence-corrected chi connectivity index (χ4v) is 5.22. The topological polar surface area (TPSA) is 124 Å². The number of nitrogens with zero attached hydrogens (tertiary/aromatic N) is 3. The zero-order chi connectivity index (χ0) is 21.7. The average molecular weight is 458 g/mol. The van der Waals surface area contributed by atoms with Crippen molar-refractivity contribution in [3.8, 4) is 11.9 Å². The van der Waals surface area contributed by atoms with E-state index >= 15 is 0 Å². The predicted octanol–water partition coefficient (Wildman–Crippen LogP) is 0.593. The molecule has 164 valence electrons. The van der Waals surface area contributed by atoms with Crippen LogP contribution in [-0.2, 0) is 14.8 Å². The largest absolute Gasteiger partial charge is 0.495 e. The lowest BCUT2D eigenvalue weighted by Crippen LogP contribution is -2.48. The molecule has 30 heavy (non-hydrogen) atoms. The van der Waals surface area contributed by atoms with E-state index in [1.165, 1.54) is 24.1 Å². The van der Waals surface area contributed by atoms with Crippen molar-refractivity contribution in [1.29, 1.82) is 5.26 Å². The molecule has 2 aliphatic rings. The van der Waals surface area contributed by atoms with Crippen molar-refractivity contribution in [1.82, 2.24) is 19.8 Å². The third-order valence-corrected chi connectivity index (χ3v) is 6.84. The summed E-state index contributed by atoms with van der Waals surface area (Å²) in [4.78, 5) is 15.3. The Bertz CT molecular complexity index is 916. The van der Waals surface area contributed by atoms with Crippen molar-refractivity contribution in [3.05, 3.63) is 23.2 Å². The number of hydrogen-bond donors (Lipinski definition) is 2. The highest BCUT2D eigenvalue weighted by molar-refractivity contribution is 7.89. The number of likely N-dealkylation sites (tertiary alicyclic amines) is 1. The van der Waals surface area contributed by atoms with Crippen LogP contribution >= 0.6 is 11.6 Å². The lowest BCUT2D eigenvalue weighted by Gasteiger charge is -2.28. The molecule has 12 heteroatoms. The minimum absolute atomic E-state index is 0.0647. The van der Waals surface area contributed by atoms with Crippen molar-refractivity contribution in [2.45, 2.75) is 23.4 Å². The smallest absolute Gasteiger partial charge is 0.317 e. The van der Waals surface area contributed by atoms with Crippen molar-refractivity contribution in [2.75, 3.05) is 46.5 Å². The second-order valence-corrected chi connectivity index (χ2v) is 9.16. The monoisotopic (exact) mass is 457 g/mol. The molecule has 2 fully saturated rings. The predicted molar refractivity (Wildman–Crippen MR) is 109 cm³/mol. The van der Waals surface area contributed by atoms with Crippen molar-refractivity contribution in [2.24, 2.45) is 0 Å². The van der Waals surface area contributed by atoms with Crippen LogP contribution in [0.15, 0.2) is 23.1 Å². The number of urea groups is 1. The summed E-state index contributed by atoms with van der Waals surface area (Å²) in [5.74, 6) is 0.177. The summed E-state index contributed by atoms with van der Waals surface area (Å²) >= 11 is 5.95. The first-order valence-corrected chi connectivity index (χ1v) is 11.3. The van der Waals surface area contributed by atoms with Crippen molar-refractivity contribution < 1.29 is 22.7 Å². The molecule has 0 aliphatic carbocycles. The molecule has 2 saturated heterocycles. The van der Waals surface area contributed by atoms with E-state index < -0.39 is 16.1 Å². The van der Waals surface area contributed by atoms with E-state index in [0.29, 0.717) is 32.7 Å². The van der Waals surface area contributed by atoms with Gasteiger partial charge in [-0.15, -0.1) is 0 Å². The number of nitrogens with one attached hydrogen (secondary N) is 2. The molecule has 2 heterocycles. The highest BCUT2D eigenvalue weighted by Crippen LogP contribution is 2.28. The molecule has 2 aliphatic heterocycles. The highest BCUT2D eigenvalue weighted by Gasteiger charge is 2.35. The van der Waals surface area contributed by atoms with Gasteiger partial charge in [0, 0.05) is 37.2 Å². The molecule has 2 atom stereocenters. The molecular formula is C18H24ClN5O5S. The minimum Gasteiger partial charge on any atom is -0.495 e. The molecule has 0 spiro atoms. The van der Waals surface area contributed by atoms with Gasteiger partial charge in [0.2, 0.25) is 10.0 Å². The van der Waals surface area contributed by atoms with Crippen molar-refractivity contribution >= 4 is 27.7 Å². The number of halogens is 1. The standard InChI is InChI=1S/C18H24ClN5O5S/c1-28-16-3-2-13(19)8-17(16)30(26,27)22-14-9-15(24(11-14)12-20)10-21-18(25)23-4-6-29-7-5-23/h2-3,8,14-15,22H,4-7,9-11H2,1H3,(H,21,25)/t14-,15-/m1/s1. The molecule has 0 bridgehead atoms. The second kappa shape index (κ2) is 9.70. The van der Waals surface area contributed by atoms with Gasteiger partial charge in [-0.05, 0) is 24.6 Å². The molecule has 0 radical (unpaired) electrons. The Hall–Kier alpha value is -2.26. The molecule has 1 aromatic carbocycles. The molecule has 3 rings (SSSR count). The number of nitriles is 1. The number of rotatable bonds is 6. The number of morpholine rings is 1. The van der Waals surface area contributed by atoms with Gasteiger partial charge in [0.25, 0.3) is 0 Å². The Morgan fingerprint density at radius 3 is 2.80 bits per heavy atom. The highest BCUT2D eigenvalue weighted by atomic mass is 35.5. The molecule has 10 nitrogen and oxygen atoms in total. The van der Waals surface area contributed by atoms with Gasteiger partial charge in [-0.3, -0.25) is 0 Å². The first-order chi connectivity index (χ1) is 14.3. The second-order valence-electron chi connectivity index (χ2n) is 7.04. The zero-order valence-corrected chi connectivity index (χ0v) is 18.1. The minimum atomic E-state index is -3.92. The lowest BCUT2D eigenvalue weighted by molar-refractivity contribution is 0.0529. The van der Waals surface area contributed by atoms with Crippen LogP contribution in [0.5, 0.6) is 5.75 Å². The summed E-state index contributed by atoms with van der Waals surface area (Å²) in [6, 6.07) is 3.32. The van der Waals surface area contributed by atoms with E-state index in [9.17, 15) is 18.5 Å². The molecular weight excluding hydrogens is 434 g/mol. The lowest BCUT2D eigenvalue weighted by atomic mass is 10.2. The summed E-state index contributed by atoms with van der Waals surface area (Å²) in [7, 11) is -2.54.